The van der Waals surface area contributed by atoms with E-state index in [4.69, 9.17) is 17.0 Å². The third-order valence-corrected chi connectivity index (χ3v) is 6.95. The monoisotopic (exact) mass is 464 g/mol. The smallest absolute Gasteiger partial charge is 0.257 e. The average molecular weight is 465 g/mol. The van der Waals surface area contributed by atoms with E-state index >= 15 is 0 Å². The highest BCUT2D eigenvalue weighted by molar-refractivity contribution is 7.38. The number of carbonyl (C=O) groups is 1. The predicted octanol–water partition coefficient (Wildman–Crippen LogP) is 5.09. The van der Waals surface area contributed by atoms with Crippen LogP contribution in [0.5, 0.6) is 0 Å². The summed E-state index contributed by atoms with van der Waals surface area (Å²) in [5.74, 6) is 0.918. The quantitative estimate of drug-likeness (QED) is 0.303. The SMILES string of the molecule is N=C(c1ccc(CCc2ccccc2C(=O)Nc2ccc(Cl)cn2)cc1)N1CCPCC1. The Balaban J connectivity index is 1.39. The molecule has 3 aromatic rings. The van der Waals surface area contributed by atoms with Crippen molar-refractivity contribution >= 4 is 37.7 Å². The third-order valence-electron chi connectivity index (χ3n) is 5.57. The summed E-state index contributed by atoms with van der Waals surface area (Å²) < 4.78 is 0. The summed E-state index contributed by atoms with van der Waals surface area (Å²) in [5.41, 5.74) is 3.80. The van der Waals surface area contributed by atoms with Crippen LogP contribution in [0, 0.1) is 5.41 Å². The first-order chi connectivity index (χ1) is 15.6. The molecular weight excluding hydrogens is 439 g/mol. The number of benzene rings is 2. The molecule has 7 heteroatoms. The number of amidine groups is 1. The minimum atomic E-state index is -0.179. The van der Waals surface area contributed by atoms with Crippen molar-refractivity contribution in [3.8, 4) is 0 Å². The van der Waals surface area contributed by atoms with Crippen LogP contribution in [-0.2, 0) is 12.8 Å². The lowest BCUT2D eigenvalue weighted by Gasteiger charge is -2.29. The Morgan fingerprint density at radius 2 is 1.78 bits per heavy atom. The molecular formula is C25H26ClN4OP. The topological polar surface area (TPSA) is 69.1 Å². The molecule has 4 rings (SSSR count). The summed E-state index contributed by atoms with van der Waals surface area (Å²) in [6.07, 6.45) is 5.48. The van der Waals surface area contributed by atoms with Crippen LogP contribution >= 0.6 is 20.2 Å². The van der Waals surface area contributed by atoms with Crippen molar-refractivity contribution in [1.82, 2.24) is 9.88 Å². The normalized spacial score (nSPS) is 13.6. The van der Waals surface area contributed by atoms with E-state index in [2.05, 4.69) is 27.3 Å². The maximum Gasteiger partial charge on any atom is 0.257 e. The first-order valence-corrected chi connectivity index (χ1v) is 12.5. The van der Waals surface area contributed by atoms with Crippen LogP contribution in [0.1, 0.15) is 27.0 Å². The summed E-state index contributed by atoms with van der Waals surface area (Å²) >= 11 is 5.87. The molecule has 1 fully saturated rings. The first kappa shape index (κ1) is 22.4. The van der Waals surface area contributed by atoms with Crippen molar-refractivity contribution in [1.29, 1.82) is 5.41 Å². The number of rotatable bonds is 6. The molecule has 2 aromatic carbocycles. The van der Waals surface area contributed by atoms with E-state index in [0.717, 1.165) is 45.6 Å². The van der Waals surface area contributed by atoms with Gasteiger partial charge in [-0.2, -0.15) is 0 Å². The molecule has 2 N–H and O–H groups in total. The lowest BCUT2D eigenvalue weighted by Crippen LogP contribution is -2.37. The van der Waals surface area contributed by atoms with E-state index in [1.54, 1.807) is 12.1 Å². The summed E-state index contributed by atoms with van der Waals surface area (Å²) in [4.78, 5) is 19.1. The number of aryl methyl sites for hydroxylation is 2. The zero-order valence-corrected chi connectivity index (χ0v) is 19.5. The van der Waals surface area contributed by atoms with Gasteiger partial charge in [-0.05, 0) is 54.5 Å². The fraction of sp³-hybridized carbons (Fsp3) is 0.240. The molecule has 32 heavy (non-hydrogen) atoms. The molecule has 2 heterocycles. The van der Waals surface area contributed by atoms with Gasteiger partial charge in [0.25, 0.3) is 5.91 Å². The Bertz CT molecular complexity index is 1080. The van der Waals surface area contributed by atoms with Crippen molar-refractivity contribution in [2.45, 2.75) is 12.8 Å². The van der Waals surface area contributed by atoms with Crippen LogP contribution in [0.4, 0.5) is 5.82 Å². The Kier molecular flexibility index (Phi) is 7.51. The zero-order chi connectivity index (χ0) is 22.3. The van der Waals surface area contributed by atoms with Crippen LogP contribution in [0.3, 0.4) is 0 Å². The Morgan fingerprint density at radius 3 is 2.50 bits per heavy atom. The van der Waals surface area contributed by atoms with E-state index in [-0.39, 0.29) is 5.91 Å². The summed E-state index contributed by atoms with van der Waals surface area (Å²) in [6, 6.07) is 19.3. The maximum atomic E-state index is 12.8. The van der Waals surface area contributed by atoms with Crippen LogP contribution in [0.2, 0.25) is 5.02 Å². The fourth-order valence-corrected chi connectivity index (χ4v) is 4.99. The highest BCUT2D eigenvalue weighted by Gasteiger charge is 2.15. The number of nitrogens with zero attached hydrogens (tertiary/aromatic N) is 2. The molecule has 1 aromatic heterocycles. The average Bonchev–Trinajstić information content (AvgIpc) is 2.85. The minimum absolute atomic E-state index is 0.179. The molecule has 0 unspecified atom stereocenters. The second-order valence-electron chi connectivity index (χ2n) is 7.76. The van der Waals surface area contributed by atoms with E-state index in [9.17, 15) is 4.79 Å². The van der Waals surface area contributed by atoms with Gasteiger partial charge in [0.15, 0.2) is 0 Å². The summed E-state index contributed by atoms with van der Waals surface area (Å²) in [5, 5.41) is 11.8. The van der Waals surface area contributed by atoms with Gasteiger partial charge in [0.1, 0.15) is 11.7 Å². The van der Waals surface area contributed by atoms with Crippen LogP contribution in [-0.4, -0.2) is 47.0 Å². The molecule has 1 saturated heterocycles. The van der Waals surface area contributed by atoms with Crippen molar-refractivity contribution in [2.75, 3.05) is 30.7 Å². The van der Waals surface area contributed by atoms with Crippen molar-refractivity contribution in [3.05, 3.63) is 94.1 Å². The molecule has 164 valence electrons. The van der Waals surface area contributed by atoms with Gasteiger partial charge in [0, 0.05) is 30.4 Å². The summed E-state index contributed by atoms with van der Waals surface area (Å²) in [6.45, 7) is 1.98. The number of hydrogen-bond acceptors (Lipinski definition) is 3. The molecule has 0 aliphatic carbocycles. The molecule has 1 aliphatic rings. The van der Waals surface area contributed by atoms with Gasteiger partial charge in [-0.25, -0.2) is 4.98 Å². The van der Waals surface area contributed by atoms with Gasteiger partial charge in [0.2, 0.25) is 0 Å². The van der Waals surface area contributed by atoms with Gasteiger partial charge in [0.05, 0.1) is 5.02 Å². The number of pyridine rings is 1. The van der Waals surface area contributed by atoms with Crippen LogP contribution < -0.4 is 5.32 Å². The Labute approximate surface area is 195 Å². The third kappa shape index (κ3) is 5.73. The van der Waals surface area contributed by atoms with E-state index in [1.807, 2.05) is 36.4 Å². The number of amides is 1. The second kappa shape index (κ2) is 10.7. The number of aromatic nitrogens is 1. The maximum absolute atomic E-state index is 12.8. The highest BCUT2D eigenvalue weighted by Crippen LogP contribution is 2.19. The van der Waals surface area contributed by atoms with E-state index in [1.165, 1.54) is 24.1 Å². The van der Waals surface area contributed by atoms with Gasteiger partial charge in [-0.3, -0.25) is 10.2 Å². The van der Waals surface area contributed by atoms with Crippen LogP contribution in [0.25, 0.3) is 0 Å². The molecule has 0 atom stereocenters. The lowest BCUT2D eigenvalue weighted by atomic mass is 9.98. The van der Waals surface area contributed by atoms with Gasteiger partial charge in [-0.15, -0.1) is 8.58 Å². The van der Waals surface area contributed by atoms with Gasteiger partial charge in [-0.1, -0.05) is 54.1 Å². The number of hydrogen-bond donors (Lipinski definition) is 2. The van der Waals surface area contributed by atoms with E-state index < -0.39 is 0 Å². The van der Waals surface area contributed by atoms with Gasteiger partial charge < -0.3 is 10.2 Å². The molecule has 0 saturated carbocycles. The number of anilines is 1. The minimum Gasteiger partial charge on any atom is -0.356 e. The Hall–Kier alpha value is -2.75. The largest absolute Gasteiger partial charge is 0.356 e. The fourth-order valence-electron chi connectivity index (χ4n) is 3.77. The molecule has 0 spiro atoms. The zero-order valence-electron chi connectivity index (χ0n) is 17.8. The van der Waals surface area contributed by atoms with Crippen LogP contribution in [0.15, 0.2) is 66.9 Å². The number of carbonyl (C=O) groups excluding carboxylic acids is 1. The molecule has 5 nitrogen and oxygen atoms in total. The number of nitrogens with one attached hydrogen (secondary N) is 2. The van der Waals surface area contributed by atoms with E-state index in [0.29, 0.717) is 22.2 Å². The van der Waals surface area contributed by atoms with Crippen molar-refractivity contribution in [2.24, 2.45) is 0 Å². The Morgan fingerprint density at radius 1 is 1.03 bits per heavy atom. The highest BCUT2D eigenvalue weighted by atomic mass is 35.5. The molecule has 1 amide bonds. The van der Waals surface area contributed by atoms with Crippen molar-refractivity contribution < 1.29 is 4.79 Å². The molecule has 0 radical (unpaired) electrons. The molecule has 1 aliphatic heterocycles. The summed E-state index contributed by atoms with van der Waals surface area (Å²) in [7, 11) is 1.03. The van der Waals surface area contributed by atoms with Crippen molar-refractivity contribution in [3.63, 3.8) is 0 Å². The molecule has 0 bridgehead atoms. The number of halogens is 1. The first-order valence-electron chi connectivity index (χ1n) is 10.7. The lowest BCUT2D eigenvalue weighted by molar-refractivity contribution is 0.102. The standard InChI is InChI=1S/C25H26ClN4OP/c26-21-11-12-23(28-17-21)29-25(31)22-4-2-1-3-19(22)8-5-18-6-9-20(10-7-18)24(27)30-13-15-32-16-14-30/h1-4,6-7,9-12,17,27,32H,5,8,13-16H2,(H,28,29,31). The van der Waals surface area contributed by atoms with Gasteiger partial charge >= 0.3 is 0 Å². The predicted molar refractivity (Wildman–Crippen MR) is 134 cm³/mol. The second-order valence-corrected chi connectivity index (χ2v) is 9.69.